The summed E-state index contributed by atoms with van der Waals surface area (Å²) in [5.74, 6) is 1.20. The van der Waals surface area contributed by atoms with Crippen molar-refractivity contribution in [3.8, 4) is 0 Å². The van der Waals surface area contributed by atoms with Crippen LogP contribution in [0.4, 0.5) is 0 Å². The van der Waals surface area contributed by atoms with Crippen LogP contribution >= 0.6 is 0 Å². The Kier molecular flexibility index (Phi) is 36.3. The molecule has 286 valence electrons. The van der Waals surface area contributed by atoms with E-state index in [1.54, 1.807) is 0 Å². The van der Waals surface area contributed by atoms with Gasteiger partial charge < -0.3 is 14.6 Å². The van der Waals surface area contributed by atoms with Gasteiger partial charge in [0, 0.05) is 12.8 Å². The van der Waals surface area contributed by atoms with Crippen molar-refractivity contribution in [2.45, 2.75) is 239 Å². The van der Waals surface area contributed by atoms with Crippen LogP contribution in [0.25, 0.3) is 0 Å². The maximum Gasteiger partial charge on any atom is 0.306 e. The van der Waals surface area contributed by atoms with Gasteiger partial charge >= 0.3 is 11.9 Å². The average molecular weight is 681 g/mol. The van der Waals surface area contributed by atoms with E-state index in [0.29, 0.717) is 12.8 Å². The van der Waals surface area contributed by atoms with E-state index >= 15 is 0 Å². The first-order chi connectivity index (χ1) is 23.4. The lowest BCUT2D eigenvalue weighted by molar-refractivity contribution is -0.161. The second-order valence-electron chi connectivity index (χ2n) is 15.3. The predicted octanol–water partition coefficient (Wildman–Crippen LogP) is 13.2. The fourth-order valence-electron chi connectivity index (χ4n) is 6.45. The van der Waals surface area contributed by atoms with Crippen molar-refractivity contribution >= 4 is 11.9 Å². The molecular formula is C43H84O5. The smallest absolute Gasteiger partial charge is 0.306 e. The highest BCUT2D eigenvalue weighted by molar-refractivity contribution is 5.70. The Hall–Kier alpha value is -1.10. The van der Waals surface area contributed by atoms with E-state index in [-0.39, 0.29) is 25.2 Å². The summed E-state index contributed by atoms with van der Waals surface area (Å²) < 4.78 is 10.6. The third-order valence-electron chi connectivity index (χ3n) is 10.5. The lowest BCUT2D eigenvalue weighted by Crippen LogP contribution is -2.28. The third-order valence-corrected chi connectivity index (χ3v) is 10.5. The van der Waals surface area contributed by atoms with E-state index in [2.05, 4.69) is 27.7 Å². The minimum atomic E-state index is -0.763. The summed E-state index contributed by atoms with van der Waals surface area (Å²) in [6.45, 7) is 8.91. The summed E-state index contributed by atoms with van der Waals surface area (Å²) in [6, 6.07) is 0. The van der Waals surface area contributed by atoms with Crippen molar-refractivity contribution in [1.82, 2.24) is 0 Å². The van der Waals surface area contributed by atoms with Gasteiger partial charge in [-0.2, -0.15) is 0 Å². The molecule has 0 heterocycles. The van der Waals surface area contributed by atoms with Gasteiger partial charge in [0.05, 0.1) is 6.61 Å². The van der Waals surface area contributed by atoms with Gasteiger partial charge in [-0.05, 0) is 24.7 Å². The van der Waals surface area contributed by atoms with Crippen LogP contribution in [-0.2, 0) is 19.1 Å². The lowest BCUT2D eigenvalue weighted by atomic mass is 9.99. The van der Waals surface area contributed by atoms with Crippen LogP contribution in [0.5, 0.6) is 0 Å². The fourth-order valence-corrected chi connectivity index (χ4v) is 6.45. The Balaban J connectivity index is 3.47. The standard InChI is InChI=1S/C43H84O5/c1-5-39(3)33-29-25-21-17-15-13-11-9-7-8-10-12-14-16-18-24-28-32-36-43(46)48-41(37-44)38-47-42(45)35-31-27-23-20-19-22-26-30-34-40(4)6-2/h39-41,44H,5-38H2,1-4H3/t39?,40?,41-/m0/s1. The minimum Gasteiger partial charge on any atom is -0.462 e. The maximum atomic E-state index is 12.2. The number of ether oxygens (including phenoxy) is 2. The van der Waals surface area contributed by atoms with Crippen LogP contribution in [0.1, 0.15) is 233 Å². The van der Waals surface area contributed by atoms with E-state index in [9.17, 15) is 14.7 Å². The van der Waals surface area contributed by atoms with Gasteiger partial charge in [-0.1, -0.05) is 207 Å². The Morgan fingerprint density at radius 1 is 0.458 bits per heavy atom. The second kappa shape index (κ2) is 37.2. The molecule has 0 saturated carbocycles. The molecule has 3 atom stereocenters. The maximum absolute atomic E-state index is 12.2. The minimum absolute atomic E-state index is 0.0590. The fraction of sp³-hybridized carbons (Fsp3) is 0.953. The number of rotatable bonds is 38. The summed E-state index contributed by atoms with van der Waals surface area (Å²) in [4.78, 5) is 24.3. The summed E-state index contributed by atoms with van der Waals surface area (Å²) in [5.41, 5.74) is 0. The average Bonchev–Trinajstić information content (AvgIpc) is 3.09. The van der Waals surface area contributed by atoms with E-state index in [4.69, 9.17) is 9.47 Å². The topological polar surface area (TPSA) is 72.8 Å². The normalized spacial score (nSPS) is 13.4. The van der Waals surface area contributed by atoms with E-state index < -0.39 is 6.10 Å². The van der Waals surface area contributed by atoms with Crippen molar-refractivity contribution in [3.05, 3.63) is 0 Å². The molecule has 0 aromatic carbocycles. The molecule has 0 aliphatic rings. The first-order valence-electron chi connectivity index (χ1n) is 21.4. The molecule has 0 saturated heterocycles. The van der Waals surface area contributed by atoms with E-state index in [1.807, 2.05) is 0 Å². The summed E-state index contributed by atoms with van der Waals surface area (Å²) in [5, 5.41) is 9.56. The van der Waals surface area contributed by atoms with Crippen molar-refractivity contribution < 1.29 is 24.2 Å². The van der Waals surface area contributed by atoms with Gasteiger partial charge in [0.2, 0.25) is 0 Å². The highest BCUT2D eigenvalue weighted by atomic mass is 16.6. The molecule has 0 radical (unpaired) electrons. The van der Waals surface area contributed by atoms with Gasteiger partial charge in [-0.3, -0.25) is 9.59 Å². The van der Waals surface area contributed by atoms with Crippen LogP contribution < -0.4 is 0 Å². The monoisotopic (exact) mass is 681 g/mol. The molecular weight excluding hydrogens is 596 g/mol. The zero-order valence-corrected chi connectivity index (χ0v) is 32.9. The number of hydrogen-bond acceptors (Lipinski definition) is 5. The largest absolute Gasteiger partial charge is 0.462 e. The number of unbranched alkanes of at least 4 members (excludes halogenated alkanes) is 24. The molecule has 0 aromatic rings. The van der Waals surface area contributed by atoms with Gasteiger partial charge in [0.25, 0.3) is 0 Å². The molecule has 0 amide bonds. The lowest BCUT2D eigenvalue weighted by Gasteiger charge is -2.15. The van der Waals surface area contributed by atoms with Gasteiger partial charge in [0.15, 0.2) is 6.10 Å². The van der Waals surface area contributed by atoms with Crippen LogP contribution in [0.2, 0.25) is 0 Å². The third kappa shape index (κ3) is 34.8. The quantitative estimate of drug-likeness (QED) is 0.0519. The van der Waals surface area contributed by atoms with Crippen molar-refractivity contribution in [1.29, 1.82) is 0 Å². The van der Waals surface area contributed by atoms with Crippen LogP contribution in [0, 0.1) is 11.8 Å². The number of hydrogen-bond donors (Lipinski definition) is 1. The molecule has 0 bridgehead atoms. The molecule has 0 aliphatic heterocycles. The summed E-state index contributed by atoms with van der Waals surface area (Å²) in [7, 11) is 0. The predicted molar refractivity (Wildman–Crippen MR) is 205 cm³/mol. The summed E-state index contributed by atoms with van der Waals surface area (Å²) in [6.07, 6.45) is 38.8. The molecule has 0 aromatic heterocycles. The SMILES string of the molecule is CCC(C)CCCCCCCCCCCCCCCCCCCCC(=O)O[C@@H](CO)COC(=O)CCCCCCCCCCC(C)CC. The zero-order valence-electron chi connectivity index (χ0n) is 32.9. The highest BCUT2D eigenvalue weighted by Gasteiger charge is 2.16. The molecule has 0 rings (SSSR count). The molecule has 1 N–H and O–H groups in total. The zero-order chi connectivity index (χ0) is 35.3. The molecule has 0 spiro atoms. The Morgan fingerprint density at radius 3 is 1.06 bits per heavy atom. The van der Waals surface area contributed by atoms with Crippen molar-refractivity contribution in [2.75, 3.05) is 13.2 Å². The van der Waals surface area contributed by atoms with E-state index in [1.165, 1.54) is 154 Å². The van der Waals surface area contributed by atoms with Crippen molar-refractivity contribution in [2.24, 2.45) is 11.8 Å². The molecule has 48 heavy (non-hydrogen) atoms. The number of aliphatic hydroxyl groups excluding tert-OH is 1. The molecule has 0 fully saturated rings. The van der Waals surface area contributed by atoms with Gasteiger partial charge in [-0.15, -0.1) is 0 Å². The highest BCUT2D eigenvalue weighted by Crippen LogP contribution is 2.18. The van der Waals surface area contributed by atoms with Gasteiger partial charge in [-0.25, -0.2) is 0 Å². The number of carbonyl (C=O) groups excluding carboxylic acids is 2. The summed E-state index contributed by atoms with van der Waals surface area (Å²) >= 11 is 0. The first-order valence-corrected chi connectivity index (χ1v) is 21.4. The van der Waals surface area contributed by atoms with Crippen LogP contribution in [0.15, 0.2) is 0 Å². The Labute approximate surface area is 299 Å². The molecule has 5 heteroatoms. The van der Waals surface area contributed by atoms with Crippen LogP contribution in [0.3, 0.4) is 0 Å². The number of esters is 2. The van der Waals surface area contributed by atoms with Crippen LogP contribution in [-0.4, -0.2) is 36.4 Å². The Morgan fingerprint density at radius 2 is 0.750 bits per heavy atom. The molecule has 0 aliphatic carbocycles. The second-order valence-corrected chi connectivity index (χ2v) is 15.3. The molecule has 2 unspecified atom stereocenters. The first kappa shape index (κ1) is 46.9. The molecule has 5 nitrogen and oxygen atoms in total. The van der Waals surface area contributed by atoms with E-state index in [0.717, 1.165) is 50.4 Å². The number of aliphatic hydroxyl groups is 1. The Bertz CT molecular complexity index is 680. The van der Waals surface area contributed by atoms with Crippen molar-refractivity contribution in [3.63, 3.8) is 0 Å². The van der Waals surface area contributed by atoms with Gasteiger partial charge in [0.1, 0.15) is 6.61 Å². The number of carbonyl (C=O) groups is 2.